The average molecular weight is 278 g/mol. The number of hydrogen-bond acceptors (Lipinski definition) is 3. The van der Waals surface area contributed by atoms with Crippen LogP contribution < -0.4 is 10.6 Å². The van der Waals surface area contributed by atoms with Crippen molar-refractivity contribution in [2.75, 3.05) is 6.54 Å². The van der Waals surface area contributed by atoms with Crippen molar-refractivity contribution < 1.29 is 14.0 Å². The van der Waals surface area contributed by atoms with Crippen LogP contribution in [-0.2, 0) is 4.79 Å². The van der Waals surface area contributed by atoms with Crippen LogP contribution in [0.25, 0.3) is 0 Å². The molecule has 2 amide bonds. The van der Waals surface area contributed by atoms with Gasteiger partial charge in [0.25, 0.3) is 5.91 Å². The van der Waals surface area contributed by atoms with Gasteiger partial charge in [-0.05, 0) is 30.9 Å². The van der Waals surface area contributed by atoms with Crippen molar-refractivity contribution in [3.8, 4) is 0 Å². The van der Waals surface area contributed by atoms with E-state index in [9.17, 15) is 9.59 Å². The number of furan rings is 1. The van der Waals surface area contributed by atoms with E-state index in [2.05, 4.69) is 17.6 Å². The molecule has 2 unspecified atom stereocenters. The first-order valence-corrected chi connectivity index (χ1v) is 7.26. The van der Waals surface area contributed by atoms with Gasteiger partial charge in [0, 0.05) is 19.0 Å². The van der Waals surface area contributed by atoms with Gasteiger partial charge in [-0.3, -0.25) is 9.59 Å². The summed E-state index contributed by atoms with van der Waals surface area (Å²) in [5.41, 5.74) is 0. The van der Waals surface area contributed by atoms with Gasteiger partial charge in [-0.25, -0.2) is 0 Å². The number of carbonyl (C=O) groups is 2. The fourth-order valence-corrected chi connectivity index (χ4v) is 2.65. The molecule has 2 atom stereocenters. The quantitative estimate of drug-likeness (QED) is 0.866. The second kappa shape index (κ2) is 7.12. The van der Waals surface area contributed by atoms with Gasteiger partial charge in [0.15, 0.2) is 5.76 Å². The minimum absolute atomic E-state index is 0.00356. The van der Waals surface area contributed by atoms with Crippen molar-refractivity contribution in [1.29, 1.82) is 0 Å². The SMILES string of the molecule is CC1CCCC(NC(=O)CCNC(=O)c2ccco2)C1. The van der Waals surface area contributed by atoms with E-state index in [0.29, 0.717) is 24.9 Å². The van der Waals surface area contributed by atoms with Crippen LogP contribution in [0.3, 0.4) is 0 Å². The van der Waals surface area contributed by atoms with E-state index >= 15 is 0 Å². The molecule has 0 aliphatic heterocycles. The molecule has 0 saturated heterocycles. The predicted molar refractivity (Wildman–Crippen MR) is 75.2 cm³/mol. The molecular formula is C15H22N2O3. The molecule has 0 bridgehead atoms. The largest absolute Gasteiger partial charge is 0.459 e. The molecule has 2 rings (SSSR count). The van der Waals surface area contributed by atoms with Gasteiger partial charge in [0.2, 0.25) is 5.91 Å². The zero-order chi connectivity index (χ0) is 14.4. The number of amides is 2. The van der Waals surface area contributed by atoms with Crippen LogP contribution in [0.5, 0.6) is 0 Å². The lowest BCUT2D eigenvalue weighted by molar-refractivity contribution is -0.121. The third kappa shape index (κ3) is 4.40. The fraction of sp³-hybridized carbons (Fsp3) is 0.600. The van der Waals surface area contributed by atoms with E-state index in [1.165, 1.54) is 19.1 Å². The molecule has 0 radical (unpaired) electrons. The molecule has 1 aromatic heterocycles. The number of nitrogens with one attached hydrogen (secondary N) is 2. The Labute approximate surface area is 119 Å². The summed E-state index contributed by atoms with van der Waals surface area (Å²) in [6, 6.07) is 3.55. The smallest absolute Gasteiger partial charge is 0.286 e. The highest BCUT2D eigenvalue weighted by Gasteiger charge is 2.20. The molecule has 0 spiro atoms. The second-order valence-electron chi connectivity index (χ2n) is 5.52. The summed E-state index contributed by atoms with van der Waals surface area (Å²) in [5.74, 6) is 0.678. The lowest BCUT2D eigenvalue weighted by Gasteiger charge is -2.27. The summed E-state index contributed by atoms with van der Waals surface area (Å²) in [6.45, 7) is 2.55. The Morgan fingerprint density at radius 2 is 2.25 bits per heavy atom. The lowest BCUT2D eigenvalue weighted by Crippen LogP contribution is -2.39. The number of carbonyl (C=O) groups excluding carboxylic acids is 2. The molecule has 110 valence electrons. The van der Waals surface area contributed by atoms with E-state index in [1.54, 1.807) is 12.1 Å². The summed E-state index contributed by atoms with van der Waals surface area (Å²) >= 11 is 0. The van der Waals surface area contributed by atoms with Crippen molar-refractivity contribution in [3.05, 3.63) is 24.2 Å². The van der Waals surface area contributed by atoms with Crippen molar-refractivity contribution in [3.63, 3.8) is 0 Å². The first-order chi connectivity index (χ1) is 9.65. The standard InChI is InChI=1S/C15H22N2O3/c1-11-4-2-5-12(10-11)17-14(18)7-8-16-15(19)13-6-3-9-20-13/h3,6,9,11-12H,2,4-5,7-8,10H2,1H3,(H,16,19)(H,17,18). The average Bonchev–Trinajstić information content (AvgIpc) is 2.92. The summed E-state index contributed by atoms with van der Waals surface area (Å²) < 4.78 is 4.97. The molecule has 1 saturated carbocycles. The second-order valence-corrected chi connectivity index (χ2v) is 5.52. The van der Waals surface area contributed by atoms with E-state index in [0.717, 1.165) is 12.8 Å². The van der Waals surface area contributed by atoms with Gasteiger partial charge in [0.05, 0.1) is 6.26 Å². The maximum absolute atomic E-state index is 11.8. The number of hydrogen-bond donors (Lipinski definition) is 2. The van der Waals surface area contributed by atoms with Crippen molar-refractivity contribution in [1.82, 2.24) is 10.6 Å². The monoisotopic (exact) mass is 278 g/mol. The summed E-state index contributed by atoms with van der Waals surface area (Å²) in [6.07, 6.45) is 6.31. The van der Waals surface area contributed by atoms with E-state index in [-0.39, 0.29) is 17.6 Å². The Bertz CT molecular complexity index is 442. The Balaban J connectivity index is 1.64. The molecule has 0 aromatic carbocycles. The van der Waals surface area contributed by atoms with E-state index < -0.39 is 0 Å². The first-order valence-electron chi connectivity index (χ1n) is 7.26. The van der Waals surface area contributed by atoms with Crippen LogP contribution >= 0.6 is 0 Å². The van der Waals surface area contributed by atoms with E-state index in [4.69, 9.17) is 4.42 Å². The molecule has 2 N–H and O–H groups in total. The van der Waals surface area contributed by atoms with Crippen molar-refractivity contribution in [2.45, 2.75) is 45.1 Å². The van der Waals surface area contributed by atoms with Crippen LogP contribution in [0.2, 0.25) is 0 Å². The number of rotatable bonds is 5. The summed E-state index contributed by atoms with van der Waals surface area (Å²) in [4.78, 5) is 23.4. The molecule has 1 fully saturated rings. The fourth-order valence-electron chi connectivity index (χ4n) is 2.65. The van der Waals surface area contributed by atoms with Crippen LogP contribution in [0.1, 0.15) is 49.6 Å². The molecule has 1 heterocycles. The Morgan fingerprint density at radius 3 is 2.95 bits per heavy atom. The Hall–Kier alpha value is -1.78. The summed E-state index contributed by atoms with van der Waals surface area (Å²) in [5, 5.41) is 5.71. The zero-order valence-electron chi connectivity index (χ0n) is 11.9. The van der Waals surface area contributed by atoms with Gasteiger partial charge in [-0.2, -0.15) is 0 Å². The summed E-state index contributed by atoms with van der Waals surface area (Å²) in [7, 11) is 0. The van der Waals surface area contributed by atoms with Gasteiger partial charge in [-0.1, -0.05) is 19.8 Å². The van der Waals surface area contributed by atoms with Crippen molar-refractivity contribution >= 4 is 11.8 Å². The molecule has 5 nitrogen and oxygen atoms in total. The van der Waals surface area contributed by atoms with Gasteiger partial charge < -0.3 is 15.1 Å². The van der Waals surface area contributed by atoms with Crippen LogP contribution in [0.4, 0.5) is 0 Å². The van der Waals surface area contributed by atoms with Crippen LogP contribution in [-0.4, -0.2) is 24.4 Å². The molecule has 5 heteroatoms. The maximum Gasteiger partial charge on any atom is 0.286 e. The predicted octanol–water partition coefficient (Wildman–Crippen LogP) is 2.09. The topological polar surface area (TPSA) is 71.3 Å². The van der Waals surface area contributed by atoms with E-state index in [1.807, 2.05) is 0 Å². The lowest BCUT2D eigenvalue weighted by atomic mass is 9.87. The molecule has 1 aliphatic rings. The first kappa shape index (κ1) is 14.6. The third-order valence-corrected chi connectivity index (χ3v) is 3.68. The highest BCUT2D eigenvalue weighted by atomic mass is 16.3. The maximum atomic E-state index is 11.8. The normalized spacial score (nSPS) is 22.2. The van der Waals surface area contributed by atoms with Gasteiger partial charge in [-0.15, -0.1) is 0 Å². The van der Waals surface area contributed by atoms with Gasteiger partial charge >= 0.3 is 0 Å². The zero-order valence-corrected chi connectivity index (χ0v) is 11.9. The van der Waals surface area contributed by atoms with Crippen molar-refractivity contribution in [2.24, 2.45) is 5.92 Å². The minimum Gasteiger partial charge on any atom is -0.459 e. The molecule has 1 aliphatic carbocycles. The van der Waals surface area contributed by atoms with Crippen LogP contribution in [0, 0.1) is 5.92 Å². The Kier molecular flexibility index (Phi) is 5.21. The highest BCUT2D eigenvalue weighted by molar-refractivity contribution is 5.91. The minimum atomic E-state index is -0.283. The molecular weight excluding hydrogens is 256 g/mol. The molecule has 1 aromatic rings. The third-order valence-electron chi connectivity index (χ3n) is 3.68. The Morgan fingerprint density at radius 1 is 1.40 bits per heavy atom. The van der Waals surface area contributed by atoms with Crippen LogP contribution in [0.15, 0.2) is 22.8 Å². The molecule has 20 heavy (non-hydrogen) atoms. The van der Waals surface area contributed by atoms with Gasteiger partial charge in [0.1, 0.15) is 0 Å². The highest BCUT2D eigenvalue weighted by Crippen LogP contribution is 2.23.